The van der Waals surface area contributed by atoms with E-state index < -0.39 is 0 Å². The van der Waals surface area contributed by atoms with Crippen LogP contribution in [-0.2, 0) is 6.42 Å². The molecule has 0 spiro atoms. The first-order valence-electron chi connectivity index (χ1n) is 6.57. The molecule has 0 fully saturated rings. The number of aryl methyl sites for hydroxylation is 1. The molecule has 3 aromatic rings. The molecule has 0 N–H and O–H groups in total. The maximum absolute atomic E-state index is 4.74. The summed E-state index contributed by atoms with van der Waals surface area (Å²) in [7, 11) is 0. The van der Waals surface area contributed by atoms with Gasteiger partial charge in [0.05, 0.1) is 5.69 Å². The predicted molar refractivity (Wildman–Crippen MR) is 90.1 cm³/mol. The van der Waals surface area contributed by atoms with Gasteiger partial charge in [-0.2, -0.15) is 0 Å². The van der Waals surface area contributed by atoms with Crippen LogP contribution in [0.25, 0.3) is 21.8 Å². The lowest BCUT2D eigenvalue weighted by Crippen LogP contribution is -1.82. The SMILES string of the molecule is CCc1ccc(-c2nc(-c3ccc(Br)cc3)cs2)cc1. The van der Waals surface area contributed by atoms with Crippen molar-refractivity contribution in [2.75, 3.05) is 0 Å². The molecular formula is C17H14BrNS. The number of benzene rings is 2. The molecule has 0 bridgehead atoms. The van der Waals surface area contributed by atoms with Crippen LogP contribution < -0.4 is 0 Å². The Morgan fingerprint density at radius 2 is 1.60 bits per heavy atom. The summed E-state index contributed by atoms with van der Waals surface area (Å²) in [6.45, 7) is 2.17. The fourth-order valence-corrected chi connectivity index (χ4v) is 3.14. The van der Waals surface area contributed by atoms with Gasteiger partial charge in [0.2, 0.25) is 0 Å². The molecular weight excluding hydrogens is 330 g/mol. The quantitative estimate of drug-likeness (QED) is 0.585. The molecule has 0 aliphatic heterocycles. The number of aromatic nitrogens is 1. The summed E-state index contributed by atoms with van der Waals surface area (Å²) >= 11 is 5.15. The van der Waals surface area contributed by atoms with Gasteiger partial charge in [-0.3, -0.25) is 0 Å². The van der Waals surface area contributed by atoms with Crippen molar-refractivity contribution in [3.8, 4) is 21.8 Å². The summed E-state index contributed by atoms with van der Waals surface area (Å²) in [6.07, 6.45) is 1.07. The number of rotatable bonds is 3. The van der Waals surface area contributed by atoms with E-state index in [9.17, 15) is 0 Å². The van der Waals surface area contributed by atoms with E-state index in [1.165, 1.54) is 11.1 Å². The van der Waals surface area contributed by atoms with E-state index in [0.29, 0.717) is 0 Å². The molecule has 1 heterocycles. The molecule has 100 valence electrons. The minimum absolute atomic E-state index is 1.04. The summed E-state index contributed by atoms with van der Waals surface area (Å²) in [6, 6.07) is 16.9. The van der Waals surface area contributed by atoms with Crippen molar-refractivity contribution >= 4 is 27.3 Å². The molecule has 3 rings (SSSR count). The van der Waals surface area contributed by atoms with Gasteiger partial charge in [-0.25, -0.2) is 4.98 Å². The summed E-state index contributed by atoms with van der Waals surface area (Å²) < 4.78 is 1.09. The first-order chi connectivity index (χ1) is 9.76. The van der Waals surface area contributed by atoms with Crippen molar-refractivity contribution in [3.63, 3.8) is 0 Å². The Hall–Kier alpha value is -1.45. The Labute approximate surface area is 131 Å². The standard InChI is InChI=1S/C17H14BrNS/c1-2-12-3-5-14(6-4-12)17-19-16(11-20-17)13-7-9-15(18)10-8-13/h3-11H,2H2,1H3. The van der Waals surface area contributed by atoms with Crippen LogP contribution in [0.1, 0.15) is 12.5 Å². The number of halogens is 1. The third-order valence-electron chi connectivity index (χ3n) is 3.25. The Morgan fingerprint density at radius 3 is 2.25 bits per heavy atom. The summed E-state index contributed by atoms with van der Waals surface area (Å²) in [5.41, 5.74) is 4.74. The fraction of sp³-hybridized carbons (Fsp3) is 0.118. The average molecular weight is 344 g/mol. The van der Waals surface area contributed by atoms with Gasteiger partial charge in [-0.15, -0.1) is 11.3 Å². The smallest absolute Gasteiger partial charge is 0.124 e. The lowest BCUT2D eigenvalue weighted by molar-refractivity contribution is 1.14. The molecule has 3 heteroatoms. The normalized spacial score (nSPS) is 10.7. The second kappa shape index (κ2) is 5.90. The lowest BCUT2D eigenvalue weighted by atomic mass is 10.1. The zero-order valence-electron chi connectivity index (χ0n) is 11.1. The summed E-state index contributed by atoms with van der Waals surface area (Å²) in [5.74, 6) is 0. The van der Waals surface area contributed by atoms with Gasteiger partial charge in [0.25, 0.3) is 0 Å². The van der Waals surface area contributed by atoms with E-state index in [1.54, 1.807) is 11.3 Å². The highest BCUT2D eigenvalue weighted by atomic mass is 79.9. The molecule has 0 amide bonds. The molecule has 0 aliphatic carbocycles. The van der Waals surface area contributed by atoms with Crippen molar-refractivity contribution in [3.05, 3.63) is 63.9 Å². The van der Waals surface area contributed by atoms with Gasteiger partial charge in [0.15, 0.2) is 0 Å². The second-order valence-electron chi connectivity index (χ2n) is 4.60. The van der Waals surface area contributed by atoms with Gasteiger partial charge in [0.1, 0.15) is 5.01 Å². The van der Waals surface area contributed by atoms with Crippen LogP contribution in [0.2, 0.25) is 0 Å². The summed E-state index contributed by atoms with van der Waals surface area (Å²) in [4.78, 5) is 4.74. The maximum atomic E-state index is 4.74. The Balaban J connectivity index is 1.91. The predicted octanol–water partition coefficient (Wildman–Crippen LogP) is 5.80. The van der Waals surface area contributed by atoms with Crippen molar-refractivity contribution < 1.29 is 0 Å². The van der Waals surface area contributed by atoms with E-state index in [4.69, 9.17) is 4.98 Å². The fourth-order valence-electron chi connectivity index (χ4n) is 2.04. The molecule has 0 atom stereocenters. The first-order valence-corrected chi connectivity index (χ1v) is 8.24. The molecule has 2 aromatic carbocycles. The molecule has 20 heavy (non-hydrogen) atoms. The van der Waals surface area contributed by atoms with Gasteiger partial charge in [-0.1, -0.05) is 59.3 Å². The van der Waals surface area contributed by atoms with Crippen LogP contribution in [0.4, 0.5) is 0 Å². The number of hydrogen-bond donors (Lipinski definition) is 0. The highest BCUT2D eigenvalue weighted by Crippen LogP contribution is 2.29. The van der Waals surface area contributed by atoms with Crippen LogP contribution in [0.3, 0.4) is 0 Å². The first kappa shape index (κ1) is 13.5. The van der Waals surface area contributed by atoms with E-state index in [0.717, 1.165) is 27.2 Å². The maximum Gasteiger partial charge on any atom is 0.124 e. The molecule has 0 radical (unpaired) electrons. The van der Waals surface area contributed by atoms with Gasteiger partial charge >= 0.3 is 0 Å². The van der Waals surface area contributed by atoms with Crippen molar-refractivity contribution in [1.82, 2.24) is 4.98 Å². The minimum Gasteiger partial charge on any atom is -0.236 e. The number of nitrogens with zero attached hydrogens (tertiary/aromatic N) is 1. The largest absolute Gasteiger partial charge is 0.236 e. The van der Waals surface area contributed by atoms with Crippen LogP contribution >= 0.6 is 27.3 Å². The van der Waals surface area contributed by atoms with E-state index in [2.05, 4.69) is 64.6 Å². The Bertz CT molecular complexity index is 699. The lowest BCUT2D eigenvalue weighted by Gasteiger charge is -1.99. The molecule has 0 unspecified atom stereocenters. The highest BCUT2D eigenvalue weighted by molar-refractivity contribution is 9.10. The van der Waals surface area contributed by atoms with Crippen molar-refractivity contribution in [2.24, 2.45) is 0 Å². The van der Waals surface area contributed by atoms with E-state index >= 15 is 0 Å². The minimum atomic E-state index is 1.04. The third kappa shape index (κ3) is 2.84. The van der Waals surface area contributed by atoms with Crippen molar-refractivity contribution in [1.29, 1.82) is 0 Å². The molecule has 0 aliphatic rings. The zero-order chi connectivity index (χ0) is 13.9. The Morgan fingerprint density at radius 1 is 0.950 bits per heavy atom. The molecule has 1 nitrogen and oxygen atoms in total. The summed E-state index contributed by atoms with van der Waals surface area (Å²) in [5, 5.41) is 3.19. The number of hydrogen-bond acceptors (Lipinski definition) is 2. The van der Waals surface area contributed by atoms with Crippen LogP contribution in [-0.4, -0.2) is 4.98 Å². The van der Waals surface area contributed by atoms with E-state index in [1.807, 2.05) is 12.1 Å². The van der Waals surface area contributed by atoms with Gasteiger partial charge < -0.3 is 0 Å². The highest BCUT2D eigenvalue weighted by Gasteiger charge is 2.06. The van der Waals surface area contributed by atoms with E-state index in [-0.39, 0.29) is 0 Å². The average Bonchev–Trinajstić information content (AvgIpc) is 2.98. The topological polar surface area (TPSA) is 12.9 Å². The van der Waals surface area contributed by atoms with Crippen LogP contribution in [0, 0.1) is 0 Å². The Kier molecular flexibility index (Phi) is 3.99. The molecule has 0 saturated heterocycles. The molecule has 0 saturated carbocycles. The van der Waals surface area contributed by atoms with Crippen LogP contribution in [0.5, 0.6) is 0 Å². The monoisotopic (exact) mass is 343 g/mol. The third-order valence-corrected chi connectivity index (χ3v) is 4.67. The van der Waals surface area contributed by atoms with Crippen molar-refractivity contribution in [2.45, 2.75) is 13.3 Å². The van der Waals surface area contributed by atoms with Crippen LogP contribution in [0.15, 0.2) is 58.4 Å². The molecule has 1 aromatic heterocycles. The van der Waals surface area contributed by atoms with Gasteiger partial charge in [0, 0.05) is 21.0 Å². The number of thiazole rings is 1. The second-order valence-corrected chi connectivity index (χ2v) is 6.37. The van der Waals surface area contributed by atoms with Gasteiger partial charge in [-0.05, 0) is 24.1 Å². The zero-order valence-corrected chi connectivity index (χ0v) is 13.5.